The van der Waals surface area contributed by atoms with Crippen molar-refractivity contribution in [1.29, 1.82) is 0 Å². The van der Waals surface area contributed by atoms with Crippen molar-refractivity contribution >= 4 is 0 Å². The number of aryl methyl sites for hydroxylation is 1. The second-order valence-electron chi connectivity index (χ2n) is 6.50. The third-order valence-corrected chi connectivity index (χ3v) is 4.75. The van der Waals surface area contributed by atoms with Crippen molar-refractivity contribution in [2.45, 2.75) is 51.8 Å². The zero-order valence-electron chi connectivity index (χ0n) is 14.3. The minimum atomic E-state index is -0.0459. The summed E-state index contributed by atoms with van der Waals surface area (Å²) in [6.45, 7) is 4.42. The number of pyridine rings is 1. The Labute approximate surface area is 143 Å². The number of rotatable bonds is 6. The number of hydrogen-bond donors (Lipinski definition) is 1. The van der Waals surface area contributed by atoms with E-state index < -0.39 is 0 Å². The first kappa shape index (κ1) is 16.8. The molecule has 1 aromatic heterocycles. The minimum absolute atomic E-state index is 0.0459. The molecule has 128 valence electrons. The van der Waals surface area contributed by atoms with Crippen LogP contribution in [0.5, 0.6) is 5.75 Å². The van der Waals surface area contributed by atoms with Gasteiger partial charge in [0.15, 0.2) is 5.75 Å². The highest BCUT2D eigenvalue weighted by molar-refractivity contribution is 5.28. The molecule has 4 heteroatoms. The molecular weight excluding hydrogens is 300 g/mol. The van der Waals surface area contributed by atoms with Gasteiger partial charge in [0.2, 0.25) is 5.43 Å². The van der Waals surface area contributed by atoms with E-state index in [9.17, 15) is 4.79 Å². The van der Waals surface area contributed by atoms with Gasteiger partial charge < -0.3 is 14.6 Å². The van der Waals surface area contributed by atoms with Gasteiger partial charge >= 0.3 is 0 Å². The molecule has 0 bridgehead atoms. The van der Waals surface area contributed by atoms with Crippen LogP contribution in [0.15, 0.2) is 47.4 Å². The van der Waals surface area contributed by atoms with Gasteiger partial charge in [0.25, 0.3) is 0 Å². The van der Waals surface area contributed by atoms with Crippen molar-refractivity contribution in [1.82, 2.24) is 9.88 Å². The van der Waals surface area contributed by atoms with Crippen LogP contribution in [0.25, 0.3) is 0 Å². The number of nitrogens with zero attached hydrogens (tertiary/aromatic N) is 1. The Hall–Kier alpha value is -2.07. The van der Waals surface area contributed by atoms with Gasteiger partial charge in [-0.3, -0.25) is 4.79 Å². The number of piperidine rings is 1. The van der Waals surface area contributed by atoms with Crippen LogP contribution in [0, 0.1) is 6.92 Å². The molecule has 0 saturated carbocycles. The summed E-state index contributed by atoms with van der Waals surface area (Å²) in [7, 11) is 0. The molecular formula is C20H26N2O2. The van der Waals surface area contributed by atoms with Gasteiger partial charge in [-0.15, -0.1) is 0 Å². The molecule has 0 aliphatic carbocycles. The molecule has 1 aliphatic rings. The van der Waals surface area contributed by atoms with Gasteiger partial charge in [0.05, 0.1) is 5.69 Å². The monoisotopic (exact) mass is 326 g/mol. The maximum atomic E-state index is 12.2. The van der Waals surface area contributed by atoms with Crippen molar-refractivity contribution in [2.24, 2.45) is 0 Å². The fourth-order valence-electron chi connectivity index (χ4n) is 3.27. The summed E-state index contributed by atoms with van der Waals surface area (Å²) in [5, 5.41) is 3.58. The lowest BCUT2D eigenvalue weighted by Gasteiger charge is -2.24. The molecule has 1 N–H and O–H groups in total. The largest absolute Gasteiger partial charge is 0.483 e. The Bertz CT molecular complexity index is 703. The van der Waals surface area contributed by atoms with Crippen molar-refractivity contribution in [3.63, 3.8) is 0 Å². The molecule has 1 saturated heterocycles. The number of benzene rings is 1. The van der Waals surface area contributed by atoms with Crippen LogP contribution >= 0.6 is 0 Å². The Kier molecular flexibility index (Phi) is 5.70. The fraction of sp³-hybridized carbons (Fsp3) is 0.450. The maximum absolute atomic E-state index is 12.2. The first-order chi connectivity index (χ1) is 11.7. The molecule has 0 radical (unpaired) electrons. The Morgan fingerprint density at radius 1 is 1.21 bits per heavy atom. The normalized spacial score (nSPS) is 17.6. The van der Waals surface area contributed by atoms with Crippen LogP contribution in [0.2, 0.25) is 0 Å². The molecule has 24 heavy (non-hydrogen) atoms. The second kappa shape index (κ2) is 8.15. The van der Waals surface area contributed by atoms with Crippen molar-refractivity contribution < 1.29 is 4.74 Å². The molecule has 2 aromatic rings. The summed E-state index contributed by atoms with van der Waals surface area (Å²) in [4.78, 5) is 12.2. The van der Waals surface area contributed by atoms with E-state index in [0.717, 1.165) is 30.8 Å². The lowest BCUT2D eigenvalue weighted by atomic mass is 10.0. The lowest BCUT2D eigenvalue weighted by Crippen LogP contribution is -2.34. The van der Waals surface area contributed by atoms with E-state index in [1.807, 2.05) is 43.5 Å². The van der Waals surface area contributed by atoms with E-state index in [2.05, 4.69) is 9.88 Å². The van der Waals surface area contributed by atoms with Gasteiger partial charge in [0.1, 0.15) is 6.61 Å². The molecule has 3 rings (SSSR count). The standard InChI is InChI=1S/C20H26N2O2/c1-16-20(24-15-17-7-3-2-4-8-17)19(23)11-14-22(16)13-10-18-9-5-6-12-21-18/h2-4,7-8,11,14,18,21H,5-6,9-10,12-13,15H2,1H3. The molecule has 1 fully saturated rings. The smallest absolute Gasteiger partial charge is 0.223 e. The predicted octanol–water partition coefficient (Wildman–Crippen LogP) is 3.27. The third-order valence-electron chi connectivity index (χ3n) is 4.75. The van der Waals surface area contributed by atoms with Crippen LogP contribution in [-0.2, 0) is 13.2 Å². The first-order valence-corrected chi connectivity index (χ1v) is 8.84. The van der Waals surface area contributed by atoms with E-state index in [-0.39, 0.29) is 5.43 Å². The number of hydrogen-bond acceptors (Lipinski definition) is 3. The SMILES string of the molecule is Cc1c(OCc2ccccc2)c(=O)ccn1CCC1CCCCN1. The third kappa shape index (κ3) is 4.26. The number of nitrogens with one attached hydrogen (secondary N) is 1. The van der Waals surface area contributed by atoms with Gasteiger partial charge in [-0.05, 0) is 38.3 Å². The molecule has 0 amide bonds. The van der Waals surface area contributed by atoms with E-state index in [4.69, 9.17) is 4.74 Å². The molecule has 4 nitrogen and oxygen atoms in total. The second-order valence-corrected chi connectivity index (χ2v) is 6.50. The minimum Gasteiger partial charge on any atom is -0.483 e. The first-order valence-electron chi connectivity index (χ1n) is 8.84. The molecule has 0 spiro atoms. The highest BCUT2D eigenvalue weighted by Gasteiger charge is 2.14. The quantitative estimate of drug-likeness (QED) is 0.886. The molecule has 1 aromatic carbocycles. The van der Waals surface area contributed by atoms with Crippen LogP contribution < -0.4 is 15.5 Å². The van der Waals surface area contributed by atoms with E-state index in [1.165, 1.54) is 19.3 Å². The van der Waals surface area contributed by atoms with Crippen molar-refractivity contribution in [3.05, 3.63) is 64.1 Å². The van der Waals surface area contributed by atoms with Crippen molar-refractivity contribution in [3.8, 4) is 5.75 Å². The van der Waals surface area contributed by atoms with Crippen molar-refractivity contribution in [2.75, 3.05) is 6.54 Å². The molecule has 1 atom stereocenters. The summed E-state index contributed by atoms with van der Waals surface area (Å²) in [5.41, 5.74) is 1.93. The van der Waals surface area contributed by atoms with E-state index >= 15 is 0 Å². The Morgan fingerprint density at radius 3 is 2.79 bits per heavy atom. The Balaban J connectivity index is 1.66. The van der Waals surface area contributed by atoms with Gasteiger partial charge in [-0.2, -0.15) is 0 Å². The number of aromatic nitrogens is 1. The fourth-order valence-corrected chi connectivity index (χ4v) is 3.27. The zero-order chi connectivity index (χ0) is 16.8. The summed E-state index contributed by atoms with van der Waals surface area (Å²) in [5.74, 6) is 0.470. The summed E-state index contributed by atoms with van der Waals surface area (Å²) in [6, 6.07) is 12.1. The topological polar surface area (TPSA) is 43.3 Å². The highest BCUT2D eigenvalue weighted by atomic mass is 16.5. The van der Waals surface area contributed by atoms with Gasteiger partial charge in [0, 0.05) is 24.8 Å². The van der Waals surface area contributed by atoms with Gasteiger partial charge in [-0.1, -0.05) is 36.8 Å². The van der Waals surface area contributed by atoms with Crippen LogP contribution in [-0.4, -0.2) is 17.2 Å². The molecule has 2 heterocycles. The van der Waals surface area contributed by atoms with Crippen LogP contribution in [0.3, 0.4) is 0 Å². The highest BCUT2D eigenvalue weighted by Crippen LogP contribution is 2.16. The average Bonchev–Trinajstić information content (AvgIpc) is 2.63. The maximum Gasteiger partial charge on any atom is 0.223 e. The number of ether oxygens (including phenoxy) is 1. The van der Waals surface area contributed by atoms with Crippen LogP contribution in [0.4, 0.5) is 0 Å². The molecule has 1 aliphatic heterocycles. The van der Waals surface area contributed by atoms with Gasteiger partial charge in [-0.25, -0.2) is 0 Å². The Morgan fingerprint density at radius 2 is 2.04 bits per heavy atom. The van der Waals surface area contributed by atoms with Crippen LogP contribution in [0.1, 0.15) is 36.9 Å². The summed E-state index contributed by atoms with van der Waals surface area (Å²) >= 11 is 0. The summed E-state index contributed by atoms with van der Waals surface area (Å²) < 4.78 is 7.97. The van der Waals surface area contributed by atoms with E-state index in [0.29, 0.717) is 18.4 Å². The van der Waals surface area contributed by atoms with E-state index in [1.54, 1.807) is 6.07 Å². The lowest BCUT2D eigenvalue weighted by molar-refractivity contribution is 0.295. The summed E-state index contributed by atoms with van der Waals surface area (Å²) in [6.07, 6.45) is 6.81. The average molecular weight is 326 g/mol. The molecule has 1 unspecified atom stereocenters. The zero-order valence-corrected chi connectivity index (χ0v) is 14.3. The predicted molar refractivity (Wildman–Crippen MR) is 96.5 cm³/mol.